The molecule has 1 aromatic heterocycles. The number of aromatic nitrogens is 2. The summed E-state index contributed by atoms with van der Waals surface area (Å²) >= 11 is 0. The van der Waals surface area contributed by atoms with Gasteiger partial charge in [-0.05, 0) is 51.0 Å². The Bertz CT molecular complexity index is 1040. The van der Waals surface area contributed by atoms with Gasteiger partial charge in [-0.25, -0.2) is 0 Å². The van der Waals surface area contributed by atoms with E-state index in [4.69, 9.17) is 5.73 Å². The molecule has 3 fully saturated rings. The Labute approximate surface area is 201 Å². The summed E-state index contributed by atoms with van der Waals surface area (Å²) in [5, 5.41) is 16.9. The van der Waals surface area contributed by atoms with Crippen LogP contribution in [0.2, 0.25) is 0 Å². The minimum absolute atomic E-state index is 0.00980. The summed E-state index contributed by atoms with van der Waals surface area (Å²) in [6.45, 7) is 8.24. The number of hydrogen-bond donors (Lipinski definition) is 2. The van der Waals surface area contributed by atoms with Crippen molar-refractivity contribution in [1.82, 2.24) is 14.7 Å². The van der Waals surface area contributed by atoms with E-state index in [1.54, 1.807) is 10.9 Å². The molecule has 8 heteroatoms. The molecule has 0 atom stereocenters. The van der Waals surface area contributed by atoms with Crippen LogP contribution in [0.5, 0.6) is 0 Å². The van der Waals surface area contributed by atoms with Crippen LogP contribution in [0, 0.1) is 23.2 Å². The summed E-state index contributed by atoms with van der Waals surface area (Å²) in [6, 6.07) is 2.79. The zero-order chi connectivity index (χ0) is 24.3. The number of carbonyl (C=O) groups is 2. The normalized spacial score (nSPS) is 25.8. The predicted octanol–water partition coefficient (Wildman–Crippen LogP) is 3.50. The van der Waals surface area contributed by atoms with Gasteiger partial charge in [0.1, 0.15) is 5.56 Å². The number of amides is 2. The molecule has 3 N–H and O–H groups in total. The average molecular weight is 463 g/mol. The zero-order valence-corrected chi connectivity index (χ0v) is 19.9. The van der Waals surface area contributed by atoms with E-state index in [1.807, 2.05) is 25.2 Å². The van der Waals surface area contributed by atoms with Crippen molar-refractivity contribution in [2.24, 2.45) is 17.6 Å². The van der Waals surface area contributed by atoms with Gasteiger partial charge in [0, 0.05) is 37.2 Å². The van der Waals surface area contributed by atoms with Gasteiger partial charge in [-0.1, -0.05) is 30.9 Å². The number of carbonyl (C=O) groups excluding carboxylic acids is 2. The van der Waals surface area contributed by atoms with Gasteiger partial charge in [0.05, 0.1) is 18.0 Å². The molecule has 2 amide bonds. The Balaban J connectivity index is 1.41. The van der Waals surface area contributed by atoms with Gasteiger partial charge < -0.3 is 11.1 Å². The number of likely N-dealkylation sites (tertiary alicyclic amines) is 1. The molecule has 4 rings (SSSR count). The van der Waals surface area contributed by atoms with Gasteiger partial charge in [-0.15, -0.1) is 0 Å². The number of anilines is 1. The topological polar surface area (TPSA) is 117 Å². The van der Waals surface area contributed by atoms with E-state index in [0.29, 0.717) is 18.4 Å². The second-order valence-electron chi connectivity index (χ2n) is 9.86. The third kappa shape index (κ3) is 5.00. The molecule has 0 spiro atoms. The fourth-order valence-electron chi connectivity index (χ4n) is 5.06. The minimum Gasteiger partial charge on any atom is -0.365 e. The van der Waals surface area contributed by atoms with Crippen molar-refractivity contribution >= 4 is 17.6 Å². The highest BCUT2D eigenvalue weighted by Crippen LogP contribution is 2.42. The first-order valence-corrected chi connectivity index (χ1v) is 12.2. The van der Waals surface area contributed by atoms with Crippen LogP contribution in [0.25, 0.3) is 0 Å². The maximum absolute atomic E-state index is 12.3. The molecule has 0 bridgehead atoms. The Morgan fingerprint density at radius 1 is 1.26 bits per heavy atom. The van der Waals surface area contributed by atoms with Crippen molar-refractivity contribution in [3.05, 3.63) is 48.2 Å². The van der Waals surface area contributed by atoms with Crippen molar-refractivity contribution in [1.29, 1.82) is 5.26 Å². The molecule has 34 heavy (non-hydrogen) atoms. The van der Waals surface area contributed by atoms with Crippen molar-refractivity contribution < 1.29 is 9.59 Å². The summed E-state index contributed by atoms with van der Waals surface area (Å²) in [5.74, 6) is -0.0637. The highest BCUT2D eigenvalue weighted by atomic mass is 16.2. The van der Waals surface area contributed by atoms with E-state index in [9.17, 15) is 14.9 Å². The predicted molar refractivity (Wildman–Crippen MR) is 131 cm³/mol. The molecule has 2 aliphatic carbocycles. The van der Waals surface area contributed by atoms with Crippen molar-refractivity contribution in [2.75, 3.05) is 18.4 Å². The smallest absolute Gasteiger partial charge is 0.254 e. The van der Waals surface area contributed by atoms with Crippen LogP contribution in [0.1, 0.15) is 62.2 Å². The molecule has 3 aliphatic rings. The lowest BCUT2D eigenvalue weighted by molar-refractivity contribution is -0.117. The number of nitriles is 1. The molecule has 0 aromatic carbocycles. The second-order valence-corrected chi connectivity index (χ2v) is 9.86. The Morgan fingerprint density at radius 3 is 2.56 bits per heavy atom. The molecule has 0 radical (unpaired) electrons. The fraction of sp³-hybridized carbons (Fsp3) is 0.538. The van der Waals surface area contributed by atoms with Crippen LogP contribution in [-0.2, 0) is 10.3 Å². The maximum Gasteiger partial charge on any atom is 0.254 e. The monoisotopic (exact) mass is 462 g/mol. The molecule has 1 aliphatic heterocycles. The van der Waals surface area contributed by atoms with E-state index < -0.39 is 11.4 Å². The van der Waals surface area contributed by atoms with Gasteiger partial charge in [-0.2, -0.15) is 10.4 Å². The van der Waals surface area contributed by atoms with E-state index in [2.05, 4.69) is 34.0 Å². The SMILES string of the molecule is C=C(/C=C\C=C/C)C1CN([C@H]2CC[C@](CC#N)(n3cc(C(N)=O)c(NC(=O)C4CC4)n3)CC2)C1. The van der Waals surface area contributed by atoms with E-state index in [0.717, 1.165) is 51.6 Å². The van der Waals surface area contributed by atoms with Gasteiger partial charge in [-0.3, -0.25) is 19.2 Å². The van der Waals surface area contributed by atoms with Crippen LogP contribution in [0.4, 0.5) is 5.82 Å². The van der Waals surface area contributed by atoms with E-state index in [-0.39, 0.29) is 23.2 Å². The first-order valence-electron chi connectivity index (χ1n) is 12.2. The van der Waals surface area contributed by atoms with Crippen LogP contribution in [0.3, 0.4) is 0 Å². The first-order chi connectivity index (χ1) is 16.4. The molecular formula is C26H34N6O2. The highest BCUT2D eigenvalue weighted by molar-refractivity contribution is 6.02. The fourth-order valence-corrected chi connectivity index (χ4v) is 5.06. The molecule has 1 saturated heterocycles. The van der Waals surface area contributed by atoms with Crippen LogP contribution in [0.15, 0.2) is 42.7 Å². The number of rotatable bonds is 9. The summed E-state index contributed by atoms with van der Waals surface area (Å²) in [7, 11) is 0. The maximum atomic E-state index is 12.3. The van der Waals surface area contributed by atoms with Crippen molar-refractivity contribution in [3.8, 4) is 6.07 Å². The van der Waals surface area contributed by atoms with Crippen LogP contribution < -0.4 is 11.1 Å². The minimum atomic E-state index is -0.631. The lowest BCUT2D eigenvalue weighted by Gasteiger charge is -2.49. The lowest BCUT2D eigenvalue weighted by atomic mass is 9.75. The molecule has 2 heterocycles. The molecule has 0 unspecified atom stereocenters. The largest absolute Gasteiger partial charge is 0.365 e. The van der Waals surface area contributed by atoms with Crippen molar-refractivity contribution in [3.63, 3.8) is 0 Å². The number of allylic oxidation sites excluding steroid dienone is 4. The number of primary amides is 1. The number of hydrogen-bond acceptors (Lipinski definition) is 5. The van der Waals surface area contributed by atoms with Gasteiger partial charge in [0.15, 0.2) is 5.82 Å². The summed E-state index contributed by atoms with van der Waals surface area (Å²) in [6.07, 6.45) is 15.2. The molecule has 1 aromatic rings. The Morgan fingerprint density at radius 2 is 1.97 bits per heavy atom. The van der Waals surface area contributed by atoms with Gasteiger partial charge >= 0.3 is 0 Å². The Hall–Kier alpha value is -3.18. The molecule has 2 saturated carbocycles. The number of nitrogens with zero attached hydrogens (tertiary/aromatic N) is 4. The average Bonchev–Trinajstić information content (AvgIpc) is 3.54. The van der Waals surface area contributed by atoms with E-state index >= 15 is 0 Å². The van der Waals surface area contributed by atoms with E-state index in [1.165, 1.54) is 5.57 Å². The standard InChI is InChI=1S/C26H34N6O2/c1-3-4-5-6-18(2)20-15-31(16-20)21-9-11-26(12-10-21,13-14-27)32-17-22(23(28)33)24(30-32)29-25(34)19-7-8-19/h3-6,17,19-21H,2,7-13,15-16H2,1H3,(H2,28,33)(H,29,30,34)/b4-3-,6-5-/t21-,26-. The molecule has 180 valence electrons. The molecular weight excluding hydrogens is 428 g/mol. The summed E-state index contributed by atoms with van der Waals surface area (Å²) in [5.41, 5.74) is 6.44. The first kappa shape index (κ1) is 24.0. The number of nitrogens with one attached hydrogen (secondary N) is 1. The summed E-state index contributed by atoms with van der Waals surface area (Å²) < 4.78 is 1.72. The third-order valence-corrected chi connectivity index (χ3v) is 7.51. The Kier molecular flexibility index (Phi) is 7.03. The lowest BCUT2D eigenvalue weighted by Crippen LogP contribution is -2.55. The second kappa shape index (κ2) is 9.98. The number of nitrogens with two attached hydrogens (primary N) is 1. The highest BCUT2D eigenvalue weighted by Gasteiger charge is 2.43. The molecule has 8 nitrogen and oxygen atoms in total. The summed E-state index contributed by atoms with van der Waals surface area (Å²) in [4.78, 5) is 26.8. The van der Waals surface area contributed by atoms with Crippen molar-refractivity contribution in [2.45, 2.75) is 63.5 Å². The third-order valence-electron chi connectivity index (χ3n) is 7.51. The van der Waals surface area contributed by atoms with Crippen LogP contribution >= 0.6 is 0 Å². The van der Waals surface area contributed by atoms with Crippen LogP contribution in [-0.4, -0.2) is 45.6 Å². The van der Waals surface area contributed by atoms with Gasteiger partial charge in [0.2, 0.25) is 5.91 Å². The quantitative estimate of drug-likeness (QED) is 0.545. The van der Waals surface area contributed by atoms with Gasteiger partial charge in [0.25, 0.3) is 5.91 Å². The zero-order valence-electron chi connectivity index (χ0n) is 19.9.